The van der Waals surface area contributed by atoms with Gasteiger partial charge in [0, 0.05) is 5.70 Å². The van der Waals surface area contributed by atoms with Crippen molar-refractivity contribution in [3.05, 3.63) is 70.6 Å². The second-order valence-corrected chi connectivity index (χ2v) is 7.05. The van der Waals surface area contributed by atoms with Crippen molar-refractivity contribution in [2.45, 2.75) is 13.0 Å². The molecule has 0 fully saturated rings. The number of ether oxygens (including phenoxy) is 2. The van der Waals surface area contributed by atoms with E-state index in [1.54, 1.807) is 43.2 Å². The van der Waals surface area contributed by atoms with Crippen LogP contribution in [0.4, 0.5) is 11.6 Å². The number of fused-ring (bicyclic) bond motifs is 1. The van der Waals surface area contributed by atoms with Gasteiger partial charge >= 0.3 is 0 Å². The number of allylic oxidation sites excluding steroid dienone is 1. The highest BCUT2D eigenvalue weighted by Gasteiger charge is 2.34. The Hall–Kier alpha value is -3.52. The highest BCUT2D eigenvalue weighted by atomic mass is 35.5. The largest absolute Gasteiger partial charge is 0.493 e. The Kier molecular flexibility index (Phi) is 5.33. The topological polar surface area (TPSA) is 90.3 Å². The summed E-state index contributed by atoms with van der Waals surface area (Å²) in [6.45, 7) is 1.83. The van der Waals surface area contributed by atoms with Gasteiger partial charge < -0.3 is 20.1 Å². The number of methoxy groups -OCH3 is 2. The molecule has 1 aromatic heterocycles. The van der Waals surface area contributed by atoms with Crippen LogP contribution in [-0.2, 0) is 4.79 Å². The number of benzene rings is 2. The van der Waals surface area contributed by atoms with Gasteiger partial charge in [-0.1, -0.05) is 29.8 Å². The summed E-state index contributed by atoms with van der Waals surface area (Å²) in [4.78, 5) is 17.6. The van der Waals surface area contributed by atoms with E-state index in [1.807, 2.05) is 25.1 Å². The average Bonchev–Trinajstić information content (AvgIpc) is 3.21. The van der Waals surface area contributed by atoms with Crippen LogP contribution < -0.4 is 20.1 Å². The minimum atomic E-state index is -0.522. The SMILES string of the molecule is COc1ccc([C@H]2C(C(=O)Nc3ccccc3Cl)=C(C)Nc3ncnn32)cc1OC. The molecule has 1 atom stereocenters. The highest BCUT2D eigenvalue weighted by Crippen LogP contribution is 2.39. The lowest BCUT2D eigenvalue weighted by atomic mass is 9.94. The highest BCUT2D eigenvalue weighted by molar-refractivity contribution is 6.33. The van der Waals surface area contributed by atoms with Crippen molar-refractivity contribution >= 4 is 29.1 Å². The van der Waals surface area contributed by atoms with Crippen molar-refractivity contribution in [3.8, 4) is 11.5 Å². The Bertz CT molecular complexity index is 1140. The van der Waals surface area contributed by atoms with E-state index in [9.17, 15) is 4.79 Å². The number of nitrogens with one attached hydrogen (secondary N) is 2. The van der Waals surface area contributed by atoms with Crippen LogP contribution in [-0.4, -0.2) is 34.9 Å². The molecule has 0 bridgehead atoms. The molecule has 30 heavy (non-hydrogen) atoms. The van der Waals surface area contributed by atoms with E-state index in [0.717, 1.165) is 5.56 Å². The lowest BCUT2D eigenvalue weighted by Crippen LogP contribution is -2.31. The molecule has 4 rings (SSSR count). The van der Waals surface area contributed by atoms with Gasteiger partial charge in [0.1, 0.15) is 12.4 Å². The maximum absolute atomic E-state index is 13.3. The lowest BCUT2D eigenvalue weighted by molar-refractivity contribution is -0.113. The summed E-state index contributed by atoms with van der Waals surface area (Å²) in [5.41, 5.74) is 2.48. The van der Waals surface area contributed by atoms with Crippen LogP contribution in [0.3, 0.4) is 0 Å². The fraction of sp³-hybridized carbons (Fsp3) is 0.190. The first kappa shape index (κ1) is 19.8. The van der Waals surface area contributed by atoms with Crippen molar-refractivity contribution in [2.24, 2.45) is 0 Å². The molecule has 2 heterocycles. The molecule has 1 aliphatic heterocycles. The maximum atomic E-state index is 13.3. The van der Waals surface area contributed by atoms with Crippen LogP contribution in [0.15, 0.2) is 60.1 Å². The lowest BCUT2D eigenvalue weighted by Gasteiger charge is -2.29. The molecular formula is C21H20ClN5O3. The number of anilines is 2. The van der Waals surface area contributed by atoms with Crippen molar-refractivity contribution < 1.29 is 14.3 Å². The van der Waals surface area contributed by atoms with Crippen LogP contribution >= 0.6 is 11.6 Å². The predicted octanol–water partition coefficient (Wildman–Crippen LogP) is 3.88. The summed E-state index contributed by atoms with van der Waals surface area (Å²) in [6.07, 6.45) is 1.44. The van der Waals surface area contributed by atoms with E-state index in [1.165, 1.54) is 6.33 Å². The molecule has 0 saturated carbocycles. The first-order chi connectivity index (χ1) is 14.5. The average molecular weight is 426 g/mol. The van der Waals surface area contributed by atoms with E-state index < -0.39 is 6.04 Å². The monoisotopic (exact) mass is 425 g/mol. The smallest absolute Gasteiger partial charge is 0.255 e. The fourth-order valence-corrected chi connectivity index (χ4v) is 3.65. The van der Waals surface area contributed by atoms with Crippen LogP contribution in [0, 0.1) is 0 Å². The van der Waals surface area contributed by atoms with Gasteiger partial charge in [-0.05, 0) is 36.8 Å². The van der Waals surface area contributed by atoms with E-state index in [2.05, 4.69) is 20.7 Å². The van der Waals surface area contributed by atoms with E-state index in [-0.39, 0.29) is 5.91 Å². The Morgan fingerprint density at radius 1 is 1.17 bits per heavy atom. The van der Waals surface area contributed by atoms with Gasteiger partial charge in [-0.2, -0.15) is 10.1 Å². The third-order valence-electron chi connectivity index (χ3n) is 4.88. The van der Waals surface area contributed by atoms with E-state index in [4.69, 9.17) is 21.1 Å². The minimum absolute atomic E-state index is 0.297. The molecule has 2 N–H and O–H groups in total. The zero-order valence-corrected chi connectivity index (χ0v) is 17.4. The molecular weight excluding hydrogens is 406 g/mol. The van der Waals surface area contributed by atoms with Gasteiger partial charge in [-0.25, -0.2) is 4.68 Å². The summed E-state index contributed by atoms with van der Waals surface area (Å²) in [6, 6.07) is 12.1. The van der Waals surface area contributed by atoms with Crippen molar-refractivity contribution in [1.29, 1.82) is 0 Å². The summed E-state index contributed by atoms with van der Waals surface area (Å²) in [7, 11) is 3.14. The number of hydrogen-bond acceptors (Lipinski definition) is 6. The summed E-state index contributed by atoms with van der Waals surface area (Å²) in [5, 5.41) is 10.8. The number of carbonyl (C=O) groups is 1. The second-order valence-electron chi connectivity index (χ2n) is 6.64. The first-order valence-electron chi connectivity index (χ1n) is 9.18. The minimum Gasteiger partial charge on any atom is -0.493 e. The van der Waals surface area contributed by atoms with Gasteiger partial charge in [0.2, 0.25) is 5.95 Å². The van der Waals surface area contributed by atoms with Gasteiger partial charge in [0.15, 0.2) is 11.5 Å². The second kappa shape index (κ2) is 8.08. The molecule has 1 aliphatic rings. The molecule has 3 aromatic rings. The number of para-hydroxylation sites is 1. The Labute approximate surface area is 178 Å². The maximum Gasteiger partial charge on any atom is 0.255 e. The third-order valence-corrected chi connectivity index (χ3v) is 5.21. The Morgan fingerprint density at radius 3 is 2.67 bits per heavy atom. The van der Waals surface area contributed by atoms with Crippen molar-refractivity contribution in [2.75, 3.05) is 24.9 Å². The van der Waals surface area contributed by atoms with Gasteiger partial charge in [-0.3, -0.25) is 4.79 Å². The number of carbonyl (C=O) groups excluding carboxylic acids is 1. The molecule has 0 saturated heterocycles. The summed E-state index contributed by atoms with van der Waals surface area (Å²) >= 11 is 6.23. The number of amides is 1. The third kappa shape index (κ3) is 3.46. The first-order valence-corrected chi connectivity index (χ1v) is 9.56. The van der Waals surface area contributed by atoms with Gasteiger partial charge in [0.05, 0.1) is 30.5 Å². The van der Waals surface area contributed by atoms with Crippen LogP contribution in [0.1, 0.15) is 18.5 Å². The fourth-order valence-electron chi connectivity index (χ4n) is 3.47. The number of rotatable bonds is 5. The summed E-state index contributed by atoms with van der Waals surface area (Å²) < 4.78 is 12.5. The molecule has 0 radical (unpaired) electrons. The van der Waals surface area contributed by atoms with Crippen LogP contribution in [0.2, 0.25) is 5.02 Å². The molecule has 154 valence electrons. The number of nitrogens with zero attached hydrogens (tertiary/aromatic N) is 3. The molecule has 1 amide bonds. The number of hydrogen-bond donors (Lipinski definition) is 2. The number of aromatic nitrogens is 3. The zero-order valence-electron chi connectivity index (χ0n) is 16.6. The van der Waals surface area contributed by atoms with Gasteiger partial charge in [0.25, 0.3) is 5.91 Å². The molecule has 9 heteroatoms. The van der Waals surface area contributed by atoms with Crippen molar-refractivity contribution in [3.63, 3.8) is 0 Å². The molecule has 0 spiro atoms. The van der Waals surface area contributed by atoms with E-state index >= 15 is 0 Å². The van der Waals surface area contributed by atoms with Crippen molar-refractivity contribution in [1.82, 2.24) is 14.8 Å². The molecule has 8 nitrogen and oxygen atoms in total. The zero-order chi connectivity index (χ0) is 21.3. The predicted molar refractivity (Wildman–Crippen MR) is 114 cm³/mol. The Balaban J connectivity index is 1.80. The van der Waals surface area contributed by atoms with Crippen LogP contribution in [0.25, 0.3) is 0 Å². The normalized spacial score (nSPS) is 15.3. The van der Waals surface area contributed by atoms with Gasteiger partial charge in [-0.15, -0.1) is 0 Å². The van der Waals surface area contributed by atoms with Crippen LogP contribution in [0.5, 0.6) is 11.5 Å². The summed E-state index contributed by atoms with van der Waals surface area (Å²) in [5.74, 6) is 1.39. The molecule has 2 aromatic carbocycles. The molecule has 0 unspecified atom stereocenters. The standard InChI is InChI=1S/C21H20ClN5O3/c1-12-18(20(28)26-15-7-5-4-6-14(15)22)19(27-21(25-12)23-11-24-27)13-8-9-16(29-2)17(10-13)30-3/h4-11,19H,1-3H3,(H,26,28)(H,23,24,25)/t19-/m0/s1. The molecule has 0 aliphatic carbocycles. The quantitative estimate of drug-likeness (QED) is 0.644. The number of halogens is 1. The van der Waals surface area contributed by atoms with E-state index in [0.29, 0.717) is 39.4 Å². The Morgan fingerprint density at radius 2 is 1.93 bits per heavy atom.